The average molecular weight is 493 g/mol. The maximum Gasteiger partial charge on any atom is 0.416 e. The number of anilines is 2. The number of carbonyl (C=O) groups excluding carboxylic acids is 1. The van der Waals surface area contributed by atoms with Crippen molar-refractivity contribution in [3.05, 3.63) is 89.9 Å². The van der Waals surface area contributed by atoms with E-state index in [1.807, 2.05) is 13.1 Å². The highest BCUT2D eigenvalue weighted by atomic mass is 19.4. The van der Waals surface area contributed by atoms with Crippen molar-refractivity contribution in [2.75, 3.05) is 30.6 Å². The van der Waals surface area contributed by atoms with Gasteiger partial charge in [0.2, 0.25) is 0 Å². The van der Waals surface area contributed by atoms with E-state index in [9.17, 15) is 18.0 Å². The van der Waals surface area contributed by atoms with E-state index in [0.717, 1.165) is 40.2 Å². The summed E-state index contributed by atoms with van der Waals surface area (Å²) in [5.41, 5.74) is 4.94. The fourth-order valence-electron chi connectivity index (χ4n) is 4.11. The topological polar surface area (TPSA) is 77.1 Å². The molecule has 0 spiro atoms. The number of aromatic nitrogens is 3. The van der Waals surface area contributed by atoms with Crippen molar-refractivity contribution >= 4 is 33.8 Å². The third kappa shape index (κ3) is 4.94. The van der Waals surface area contributed by atoms with Gasteiger partial charge in [-0.3, -0.25) is 20.3 Å². The minimum absolute atomic E-state index is 0.0678. The van der Waals surface area contributed by atoms with Crippen LogP contribution in [0.5, 0.6) is 0 Å². The summed E-state index contributed by atoms with van der Waals surface area (Å²) in [6.45, 7) is 1.37. The molecule has 7 nitrogen and oxygen atoms in total. The fourth-order valence-corrected chi connectivity index (χ4v) is 4.11. The second-order valence-electron chi connectivity index (χ2n) is 8.67. The van der Waals surface area contributed by atoms with Gasteiger partial charge in [0.15, 0.2) is 0 Å². The number of rotatable bonds is 5. The van der Waals surface area contributed by atoms with Crippen molar-refractivity contribution in [3.8, 4) is 0 Å². The molecule has 3 heterocycles. The Bertz CT molecular complexity index is 1430. The van der Waals surface area contributed by atoms with E-state index in [0.29, 0.717) is 24.2 Å². The van der Waals surface area contributed by atoms with Gasteiger partial charge in [0.05, 0.1) is 34.2 Å². The summed E-state index contributed by atoms with van der Waals surface area (Å²) in [6, 6.07) is 12.2. The van der Waals surface area contributed by atoms with Crippen LogP contribution in [-0.2, 0) is 6.18 Å². The molecule has 0 atom stereocenters. The lowest BCUT2D eigenvalue weighted by atomic mass is 9.96. The number of benzene rings is 2. The molecule has 2 N–H and O–H groups in total. The molecule has 184 valence electrons. The number of nitrogens with zero attached hydrogens (tertiary/aromatic N) is 4. The van der Waals surface area contributed by atoms with Crippen molar-refractivity contribution in [3.63, 3.8) is 0 Å². The Labute approximate surface area is 205 Å². The molecule has 0 aliphatic carbocycles. The lowest BCUT2D eigenvalue weighted by molar-refractivity contribution is -0.137. The third-order valence-corrected chi connectivity index (χ3v) is 6.08. The minimum Gasteiger partial charge on any atom is -0.302 e. The molecule has 0 fully saturated rings. The monoisotopic (exact) mass is 492 g/mol. The largest absolute Gasteiger partial charge is 0.416 e. The summed E-state index contributed by atoms with van der Waals surface area (Å²) in [5.74, 6) is -0.546. The van der Waals surface area contributed by atoms with Crippen LogP contribution in [0.15, 0.2) is 73.2 Å². The summed E-state index contributed by atoms with van der Waals surface area (Å²) in [6.07, 6.45) is 2.51. The Morgan fingerprint density at radius 2 is 2.00 bits per heavy atom. The van der Waals surface area contributed by atoms with Crippen LogP contribution in [0, 0.1) is 0 Å². The molecule has 36 heavy (non-hydrogen) atoms. The van der Waals surface area contributed by atoms with Gasteiger partial charge in [0, 0.05) is 30.9 Å². The Morgan fingerprint density at radius 3 is 2.72 bits per heavy atom. The van der Waals surface area contributed by atoms with Crippen LogP contribution in [0.3, 0.4) is 0 Å². The number of halogens is 3. The zero-order valence-electron chi connectivity index (χ0n) is 19.4. The maximum atomic E-state index is 14.0. The molecule has 1 amide bonds. The number of hydrogen-bond donors (Lipinski definition) is 2. The van der Waals surface area contributed by atoms with E-state index >= 15 is 0 Å². The number of H-pyrrole nitrogens is 1. The molecule has 2 aromatic heterocycles. The first kappa shape index (κ1) is 23.6. The Balaban J connectivity index is 1.62. The number of amides is 1. The molecule has 1 aliphatic rings. The number of fused-ring (bicyclic) bond motifs is 1. The molecule has 0 saturated carbocycles. The first-order valence-electron chi connectivity index (χ1n) is 11.3. The van der Waals surface area contributed by atoms with Gasteiger partial charge in [0.25, 0.3) is 5.91 Å². The van der Waals surface area contributed by atoms with Gasteiger partial charge >= 0.3 is 6.18 Å². The SMILES string of the molecule is CN1CC=C(c2cc(N(Nc3ccc4cn[nH]c4c3)C(=O)c3cccnc3)cc(C(F)(F)F)c2)CC1. The number of nitrogens with one attached hydrogen (secondary N) is 2. The first-order valence-corrected chi connectivity index (χ1v) is 11.3. The first-order chi connectivity index (χ1) is 17.3. The van der Waals surface area contributed by atoms with Crippen molar-refractivity contribution in [1.82, 2.24) is 20.1 Å². The molecule has 5 rings (SSSR count). The normalized spacial score (nSPS) is 14.5. The number of alkyl halides is 3. The second kappa shape index (κ2) is 9.46. The van der Waals surface area contributed by atoms with Crippen molar-refractivity contribution in [1.29, 1.82) is 0 Å². The number of likely N-dealkylation sites (N-methyl/N-ethyl adjacent to an activating group) is 1. The molecule has 0 radical (unpaired) electrons. The molecular formula is C26H23F3N6O. The molecule has 0 bridgehead atoms. The minimum atomic E-state index is -4.59. The summed E-state index contributed by atoms with van der Waals surface area (Å²) in [5, 5.41) is 8.84. The molecular weight excluding hydrogens is 469 g/mol. The van der Waals surface area contributed by atoms with Crippen LogP contribution in [0.2, 0.25) is 0 Å². The van der Waals surface area contributed by atoms with Crippen LogP contribution in [0.25, 0.3) is 16.5 Å². The quantitative estimate of drug-likeness (QED) is 0.367. The van der Waals surface area contributed by atoms with E-state index in [1.165, 1.54) is 12.4 Å². The van der Waals surface area contributed by atoms with Crippen molar-refractivity contribution in [2.24, 2.45) is 0 Å². The van der Waals surface area contributed by atoms with E-state index in [-0.39, 0.29) is 11.3 Å². The number of carbonyl (C=O) groups is 1. The highest BCUT2D eigenvalue weighted by Crippen LogP contribution is 2.36. The van der Waals surface area contributed by atoms with Gasteiger partial charge in [-0.15, -0.1) is 0 Å². The average Bonchev–Trinajstić information content (AvgIpc) is 3.35. The molecule has 2 aromatic carbocycles. The van der Waals surface area contributed by atoms with Gasteiger partial charge in [-0.2, -0.15) is 18.3 Å². The zero-order valence-corrected chi connectivity index (χ0v) is 19.4. The number of aromatic amines is 1. The summed E-state index contributed by atoms with van der Waals surface area (Å²) in [7, 11) is 1.96. The van der Waals surface area contributed by atoms with Crippen LogP contribution >= 0.6 is 0 Å². The highest BCUT2D eigenvalue weighted by Gasteiger charge is 2.33. The van der Waals surface area contributed by atoms with E-state index < -0.39 is 17.6 Å². The predicted octanol–water partition coefficient (Wildman–Crippen LogP) is 5.37. The standard InChI is InChI=1S/C26H23F3N6O/c1-34-9-6-17(7-10-34)20-11-21(26(27,28)29)13-23(12-20)35(25(36)19-3-2-8-30-15-19)33-22-5-4-18-16-31-32-24(18)14-22/h2-6,8,11-16,33H,7,9-10H2,1H3,(H,31,32). The van der Waals surface area contributed by atoms with Gasteiger partial charge < -0.3 is 4.90 Å². The molecule has 4 aromatic rings. The lowest BCUT2D eigenvalue weighted by Gasteiger charge is -2.27. The second-order valence-corrected chi connectivity index (χ2v) is 8.67. The van der Waals surface area contributed by atoms with E-state index in [1.54, 1.807) is 42.6 Å². The fraction of sp³-hybridized carbons (Fsp3) is 0.192. The number of pyridine rings is 1. The predicted molar refractivity (Wildman–Crippen MR) is 132 cm³/mol. The Hall–Kier alpha value is -4.18. The highest BCUT2D eigenvalue weighted by molar-refractivity contribution is 6.07. The Morgan fingerprint density at radius 1 is 1.14 bits per heavy atom. The van der Waals surface area contributed by atoms with Crippen LogP contribution in [0.1, 0.15) is 27.9 Å². The molecule has 1 aliphatic heterocycles. The van der Waals surface area contributed by atoms with Crippen molar-refractivity contribution < 1.29 is 18.0 Å². The van der Waals surface area contributed by atoms with Crippen LogP contribution < -0.4 is 10.4 Å². The Kier molecular flexibility index (Phi) is 6.19. The van der Waals surface area contributed by atoms with E-state index in [2.05, 4.69) is 25.5 Å². The third-order valence-electron chi connectivity index (χ3n) is 6.08. The molecule has 0 unspecified atom stereocenters. The van der Waals surface area contributed by atoms with Crippen LogP contribution in [-0.4, -0.2) is 46.1 Å². The van der Waals surface area contributed by atoms with E-state index in [4.69, 9.17) is 0 Å². The number of hydrogen-bond acceptors (Lipinski definition) is 5. The number of hydrazine groups is 1. The molecule has 0 saturated heterocycles. The smallest absolute Gasteiger partial charge is 0.302 e. The van der Waals surface area contributed by atoms with Gasteiger partial charge in [-0.25, -0.2) is 5.01 Å². The lowest BCUT2D eigenvalue weighted by Crippen LogP contribution is -2.36. The summed E-state index contributed by atoms with van der Waals surface area (Å²) in [4.78, 5) is 19.6. The molecule has 10 heteroatoms. The van der Waals surface area contributed by atoms with Gasteiger partial charge in [0.1, 0.15) is 0 Å². The van der Waals surface area contributed by atoms with Crippen LogP contribution in [0.4, 0.5) is 24.5 Å². The summed E-state index contributed by atoms with van der Waals surface area (Å²) >= 11 is 0. The van der Waals surface area contributed by atoms with Gasteiger partial charge in [-0.1, -0.05) is 6.08 Å². The zero-order chi connectivity index (χ0) is 25.3. The summed E-state index contributed by atoms with van der Waals surface area (Å²) < 4.78 is 41.9. The van der Waals surface area contributed by atoms with Crippen molar-refractivity contribution in [2.45, 2.75) is 12.6 Å². The maximum absolute atomic E-state index is 14.0. The van der Waals surface area contributed by atoms with Gasteiger partial charge in [-0.05, 0) is 73.1 Å².